The first-order valence-corrected chi connectivity index (χ1v) is 6.71. The minimum Gasteiger partial charge on any atom is -0.324 e. The first-order chi connectivity index (χ1) is 8.04. The summed E-state index contributed by atoms with van der Waals surface area (Å²) in [5, 5.41) is 0. The van der Waals surface area contributed by atoms with Gasteiger partial charge >= 0.3 is 0 Å². The highest BCUT2D eigenvalue weighted by Crippen LogP contribution is 2.37. The molecule has 0 bridgehead atoms. The van der Waals surface area contributed by atoms with Crippen molar-refractivity contribution in [2.45, 2.75) is 38.8 Å². The third kappa shape index (κ3) is 2.24. The lowest BCUT2D eigenvalue weighted by molar-refractivity contribution is -0.118. The van der Waals surface area contributed by atoms with Crippen molar-refractivity contribution < 1.29 is 4.79 Å². The number of benzene rings is 1. The molecule has 1 aliphatic heterocycles. The van der Waals surface area contributed by atoms with E-state index in [2.05, 4.69) is 22.9 Å². The smallest absolute Gasteiger partial charge is 0.226 e. The van der Waals surface area contributed by atoms with E-state index in [4.69, 9.17) is 5.73 Å². The Bertz CT molecular complexity index is 447. The molecule has 3 nitrogen and oxygen atoms in total. The molecular weight excluding hydrogens is 280 g/mol. The van der Waals surface area contributed by atoms with Gasteiger partial charge in [-0.05, 0) is 37.1 Å². The van der Waals surface area contributed by atoms with Crippen LogP contribution in [0.3, 0.4) is 0 Å². The van der Waals surface area contributed by atoms with Crippen molar-refractivity contribution in [1.29, 1.82) is 0 Å². The zero-order chi connectivity index (χ0) is 12.6. The van der Waals surface area contributed by atoms with Crippen LogP contribution < -0.4 is 10.6 Å². The van der Waals surface area contributed by atoms with Crippen LogP contribution in [0.25, 0.3) is 0 Å². The molecule has 4 heteroatoms. The van der Waals surface area contributed by atoms with Crippen molar-refractivity contribution in [2.75, 3.05) is 4.90 Å². The van der Waals surface area contributed by atoms with Crippen LogP contribution in [0, 0.1) is 0 Å². The standard InChI is InChI=1S/C13H17BrN2O/c1-3-13(17)16-8(2)6-11(15)10-7-9(14)4-5-12(10)16/h4-5,7-8,11H,3,6,15H2,1-2H3/t8-,11+/m1/s1. The van der Waals surface area contributed by atoms with Gasteiger partial charge < -0.3 is 10.6 Å². The summed E-state index contributed by atoms with van der Waals surface area (Å²) >= 11 is 3.45. The highest BCUT2D eigenvalue weighted by atomic mass is 79.9. The molecule has 0 unspecified atom stereocenters. The van der Waals surface area contributed by atoms with Crippen LogP contribution in [-0.2, 0) is 4.79 Å². The minimum absolute atomic E-state index is 0.0124. The maximum Gasteiger partial charge on any atom is 0.226 e. The molecule has 1 aliphatic rings. The molecule has 0 saturated carbocycles. The third-order valence-electron chi connectivity index (χ3n) is 3.26. The molecule has 0 radical (unpaired) electrons. The Morgan fingerprint density at radius 2 is 2.29 bits per heavy atom. The number of rotatable bonds is 1. The van der Waals surface area contributed by atoms with Crippen molar-refractivity contribution in [2.24, 2.45) is 5.73 Å². The van der Waals surface area contributed by atoms with E-state index in [0.717, 1.165) is 22.1 Å². The molecule has 2 atom stereocenters. The summed E-state index contributed by atoms with van der Waals surface area (Å²) < 4.78 is 1.00. The predicted molar refractivity (Wildman–Crippen MR) is 72.9 cm³/mol. The van der Waals surface area contributed by atoms with E-state index in [1.54, 1.807) is 0 Å². The number of fused-ring (bicyclic) bond motifs is 1. The molecule has 92 valence electrons. The molecule has 1 heterocycles. The van der Waals surface area contributed by atoms with Crippen molar-refractivity contribution in [1.82, 2.24) is 0 Å². The summed E-state index contributed by atoms with van der Waals surface area (Å²) in [7, 11) is 0. The number of hydrogen-bond donors (Lipinski definition) is 1. The van der Waals surface area contributed by atoms with Gasteiger partial charge in [0.15, 0.2) is 0 Å². The monoisotopic (exact) mass is 296 g/mol. The number of anilines is 1. The van der Waals surface area contributed by atoms with Crippen LogP contribution in [0.2, 0.25) is 0 Å². The molecule has 2 rings (SSSR count). The van der Waals surface area contributed by atoms with Crippen LogP contribution in [0.1, 0.15) is 38.3 Å². The largest absolute Gasteiger partial charge is 0.324 e. The number of carbonyl (C=O) groups is 1. The normalized spacial score (nSPS) is 23.4. The predicted octanol–water partition coefficient (Wildman–Crippen LogP) is 2.98. The van der Waals surface area contributed by atoms with Gasteiger partial charge in [-0.1, -0.05) is 22.9 Å². The molecule has 0 aromatic heterocycles. The Balaban J connectivity index is 2.50. The van der Waals surface area contributed by atoms with E-state index in [9.17, 15) is 4.79 Å². The summed E-state index contributed by atoms with van der Waals surface area (Å²) in [6.07, 6.45) is 1.34. The summed E-state index contributed by atoms with van der Waals surface area (Å²) in [4.78, 5) is 13.9. The Hall–Kier alpha value is -0.870. The fourth-order valence-corrected chi connectivity index (χ4v) is 2.81. The summed E-state index contributed by atoms with van der Waals surface area (Å²) in [5.74, 6) is 0.160. The molecule has 0 saturated heterocycles. The van der Waals surface area contributed by atoms with Gasteiger partial charge in [-0.2, -0.15) is 0 Å². The van der Waals surface area contributed by atoms with E-state index in [-0.39, 0.29) is 18.0 Å². The van der Waals surface area contributed by atoms with Gasteiger partial charge in [0.1, 0.15) is 0 Å². The number of halogens is 1. The number of carbonyl (C=O) groups excluding carboxylic acids is 1. The van der Waals surface area contributed by atoms with E-state index in [1.807, 2.05) is 30.0 Å². The van der Waals surface area contributed by atoms with Crippen molar-refractivity contribution in [3.8, 4) is 0 Å². The quantitative estimate of drug-likeness (QED) is 0.866. The summed E-state index contributed by atoms with van der Waals surface area (Å²) in [6.45, 7) is 3.94. The second-order valence-corrected chi connectivity index (χ2v) is 5.43. The lowest BCUT2D eigenvalue weighted by Gasteiger charge is -2.38. The van der Waals surface area contributed by atoms with Gasteiger partial charge in [0.25, 0.3) is 0 Å². The maximum atomic E-state index is 12.0. The fraction of sp³-hybridized carbons (Fsp3) is 0.462. The lowest BCUT2D eigenvalue weighted by atomic mass is 9.92. The van der Waals surface area contributed by atoms with Crippen LogP contribution in [0.15, 0.2) is 22.7 Å². The second-order valence-electron chi connectivity index (χ2n) is 4.51. The van der Waals surface area contributed by atoms with E-state index >= 15 is 0 Å². The van der Waals surface area contributed by atoms with Gasteiger partial charge in [-0.25, -0.2) is 0 Å². The Morgan fingerprint density at radius 1 is 1.59 bits per heavy atom. The number of nitrogens with two attached hydrogens (primary N) is 1. The fourth-order valence-electron chi connectivity index (χ4n) is 2.43. The average molecular weight is 297 g/mol. The Morgan fingerprint density at radius 3 is 2.94 bits per heavy atom. The first-order valence-electron chi connectivity index (χ1n) is 5.91. The van der Waals surface area contributed by atoms with Gasteiger partial charge in [0.05, 0.1) is 0 Å². The Kier molecular flexibility index (Phi) is 3.54. The van der Waals surface area contributed by atoms with E-state index in [1.165, 1.54) is 0 Å². The van der Waals surface area contributed by atoms with Crippen molar-refractivity contribution in [3.63, 3.8) is 0 Å². The van der Waals surface area contributed by atoms with Gasteiger partial charge in [0.2, 0.25) is 5.91 Å². The van der Waals surface area contributed by atoms with Crippen LogP contribution in [-0.4, -0.2) is 11.9 Å². The molecule has 1 aromatic rings. The second kappa shape index (κ2) is 4.78. The molecule has 2 N–H and O–H groups in total. The van der Waals surface area contributed by atoms with Crippen molar-refractivity contribution in [3.05, 3.63) is 28.2 Å². The molecule has 17 heavy (non-hydrogen) atoms. The minimum atomic E-state index is 0.0124. The van der Waals surface area contributed by atoms with Crippen LogP contribution in [0.5, 0.6) is 0 Å². The maximum absolute atomic E-state index is 12.0. The lowest BCUT2D eigenvalue weighted by Crippen LogP contribution is -2.44. The number of hydrogen-bond acceptors (Lipinski definition) is 2. The Labute approximate surface area is 110 Å². The molecule has 0 aliphatic carbocycles. The molecule has 1 aromatic carbocycles. The molecule has 0 spiro atoms. The van der Waals surface area contributed by atoms with Crippen LogP contribution in [0.4, 0.5) is 5.69 Å². The first kappa shape index (κ1) is 12.6. The number of nitrogens with zero attached hydrogens (tertiary/aromatic N) is 1. The summed E-state index contributed by atoms with van der Waals surface area (Å²) in [5.41, 5.74) is 8.17. The van der Waals surface area contributed by atoms with Gasteiger partial charge in [-0.15, -0.1) is 0 Å². The average Bonchev–Trinajstić information content (AvgIpc) is 2.29. The summed E-state index contributed by atoms with van der Waals surface area (Å²) in [6, 6.07) is 6.13. The molecule has 1 amide bonds. The highest BCUT2D eigenvalue weighted by molar-refractivity contribution is 9.10. The van der Waals surface area contributed by atoms with E-state index < -0.39 is 0 Å². The number of amides is 1. The molecular formula is C13H17BrN2O. The third-order valence-corrected chi connectivity index (χ3v) is 3.75. The van der Waals surface area contributed by atoms with Crippen molar-refractivity contribution >= 4 is 27.5 Å². The SMILES string of the molecule is CCC(=O)N1c2ccc(Br)cc2[C@@H](N)C[C@H]1C. The topological polar surface area (TPSA) is 46.3 Å². The van der Waals surface area contributed by atoms with Gasteiger partial charge in [0, 0.05) is 28.7 Å². The van der Waals surface area contributed by atoms with E-state index in [0.29, 0.717) is 6.42 Å². The molecule has 0 fully saturated rings. The van der Waals surface area contributed by atoms with Gasteiger partial charge in [-0.3, -0.25) is 4.79 Å². The highest BCUT2D eigenvalue weighted by Gasteiger charge is 2.31. The zero-order valence-corrected chi connectivity index (χ0v) is 11.7. The zero-order valence-electron chi connectivity index (χ0n) is 10.1. The van der Waals surface area contributed by atoms with Crippen LogP contribution >= 0.6 is 15.9 Å².